The molecule has 20 heavy (non-hydrogen) atoms. The van der Waals surface area contributed by atoms with Gasteiger partial charge in [-0.2, -0.15) is 0 Å². The number of benzene rings is 1. The molecule has 0 saturated carbocycles. The van der Waals surface area contributed by atoms with Crippen molar-refractivity contribution in [2.75, 3.05) is 0 Å². The van der Waals surface area contributed by atoms with E-state index in [1.165, 1.54) is 18.2 Å². The fraction of sp³-hybridized carbons (Fsp3) is 0.231. The molecule has 0 unspecified atom stereocenters. The Morgan fingerprint density at radius 1 is 1.50 bits per heavy atom. The number of imidazole rings is 1. The van der Waals surface area contributed by atoms with E-state index in [9.17, 15) is 14.9 Å². The van der Waals surface area contributed by atoms with E-state index in [1.54, 1.807) is 6.20 Å². The molecule has 1 aromatic heterocycles. The third-order valence-electron chi connectivity index (χ3n) is 2.81. The van der Waals surface area contributed by atoms with Gasteiger partial charge in [0.1, 0.15) is 18.7 Å². The van der Waals surface area contributed by atoms with Crippen molar-refractivity contribution in [3.63, 3.8) is 0 Å². The molecular weight excluding hydrogens is 262 g/mol. The molecule has 0 aliphatic rings. The summed E-state index contributed by atoms with van der Waals surface area (Å²) < 4.78 is 7.32. The number of ether oxygens (including phenoxy) is 1. The van der Waals surface area contributed by atoms with Crippen LogP contribution in [-0.4, -0.2) is 20.8 Å². The molecule has 7 heteroatoms. The Morgan fingerprint density at radius 2 is 2.30 bits per heavy atom. The third-order valence-corrected chi connectivity index (χ3v) is 2.81. The number of aldehydes is 1. The van der Waals surface area contributed by atoms with Crippen LogP contribution >= 0.6 is 0 Å². The monoisotopic (exact) mass is 275 g/mol. The summed E-state index contributed by atoms with van der Waals surface area (Å²) >= 11 is 0. The fourth-order valence-electron chi connectivity index (χ4n) is 1.78. The number of nitro groups is 1. The molecule has 2 aromatic rings. The van der Waals surface area contributed by atoms with Crippen molar-refractivity contribution in [3.8, 4) is 5.75 Å². The molecule has 7 nitrogen and oxygen atoms in total. The van der Waals surface area contributed by atoms with Gasteiger partial charge in [0.15, 0.2) is 5.75 Å². The van der Waals surface area contributed by atoms with Crippen molar-refractivity contribution in [3.05, 3.63) is 52.1 Å². The van der Waals surface area contributed by atoms with Gasteiger partial charge in [0.2, 0.25) is 0 Å². The maximum atomic E-state index is 11.0. The van der Waals surface area contributed by atoms with Crippen LogP contribution in [0.4, 0.5) is 5.69 Å². The smallest absolute Gasteiger partial charge is 0.311 e. The molecule has 0 fully saturated rings. The minimum atomic E-state index is -0.575. The molecule has 0 N–H and O–H groups in total. The van der Waals surface area contributed by atoms with E-state index < -0.39 is 4.92 Å². The molecule has 0 spiro atoms. The Bertz CT molecular complexity index is 636. The van der Waals surface area contributed by atoms with Gasteiger partial charge in [0.25, 0.3) is 0 Å². The zero-order valence-electron chi connectivity index (χ0n) is 10.9. The minimum Gasteiger partial charge on any atom is -0.479 e. The van der Waals surface area contributed by atoms with Crippen molar-refractivity contribution in [2.45, 2.75) is 20.1 Å². The number of rotatable bonds is 6. The van der Waals surface area contributed by atoms with Crippen molar-refractivity contribution in [1.29, 1.82) is 0 Å². The van der Waals surface area contributed by atoms with Crippen LogP contribution in [0.25, 0.3) is 0 Å². The first-order valence-corrected chi connectivity index (χ1v) is 6.02. The highest BCUT2D eigenvalue weighted by Crippen LogP contribution is 2.28. The van der Waals surface area contributed by atoms with Crippen LogP contribution in [0.2, 0.25) is 0 Å². The highest BCUT2D eigenvalue weighted by molar-refractivity contribution is 5.77. The molecular formula is C13H13N3O4. The first kappa shape index (κ1) is 13.7. The van der Waals surface area contributed by atoms with E-state index in [-0.39, 0.29) is 23.6 Å². The lowest BCUT2D eigenvalue weighted by Crippen LogP contribution is -2.06. The second kappa shape index (κ2) is 5.96. The van der Waals surface area contributed by atoms with E-state index in [2.05, 4.69) is 4.98 Å². The number of hydrogen-bond donors (Lipinski definition) is 0. The van der Waals surface area contributed by atoms with Gasteiger partial charge in [-0.25, -0.2) is 4.98 Å². The summed E-state index contributed by atoms with van der Waals surface area (Å²) in [5, 5.41) is 11.0. The molecule has 104 valence electrons. The van der Waals surface area contributed by atoms with Gasteiger partial charge < -0.3 is 9.30 Å². The molecule has 0 bridgehead atoms. The van der Waals surface area contributed by atoms with E-state index in [1.807, 2.05) is 17.7 Å². The predicted molar refractivity (Wildman–Crippen MR) is 70.7 cm³/mol. The third kappa shape index (κ3) is 2.82. The highest BCUT2D eigenvalue weighted by atomic mass is 16.6. The summed E-state index contributed by atoms with van der Waals surface area (Å²) in [6, 6.07) is 4.08. The average Bonchev–Trinajstić information content (AvgIpc) is 2.92. The van der Waals surface area contributed by atoms with Gasteiger partial charge in [-0.05, 0) is 19.1 Å². The molecule has 1 heterocycles. The SMILES string of the molecule is CCn1ccnc1COc1ccc(C=O)cc1[N+](=O)[O-]. The van der Waals surface area contributed by atoms with E-state index in [4.69, 9.17) is 4.74 Å². The van der Waals surface area contributed by atoms with E-state index in [0.717, 1.165) is 6.54 Å². The zero-order valence-corrected chi connectivity index (χ0v) is 10.9. The highest BCUT2D eigenvalue weighted by Gasteiger charge is 2.16. The standard InChI is InChI=1S/C13H13N3O4/c1-2-15-6-5-14-13(15)9-20-12-4-3-10(8-17)7-11(12)16(18)19/h3-8H,2,9H2,1H3. The van der Waals surface area contributed by atoms with Crippen LogP contribution < -0.4 is 4.74 Å². The van der Waals surface area contributed by atoms with Gasteiger partial charge in [-0.3, -0.25) is 14.9 Å². The molecule has 1 aromatic carbocycles. The molecule has 2 rings (SSSR count). The Hall–Kier alpha value is -2.70. The van der Waals surface area contributed by atoms with Gasteiger partial charge in [0.05, 0.1) is 4.92 Å². The summed E-state index contributed by atoms with van der Waals surface area (Å²) in [4.78, 5) is 25.2. The normalized spacial score (nSPS) is 10.2. The van der Waals surface area contributed by atoms with Crippen LogP contribution in [0.5, 0.6) is 5.75 Å². The van der Waals surface area contributed by atoms with Crippen molar-refractivity contribution in [2.24, 2.45) is 0 Å². The fourth-order valence-corrected chi connectivity index (χ4v) is 1.78. The topological polar surface area (TPSA) is 87.3 Å². The number of hydrogen-bond acceptors (Lipinski definition) is 5. The van der Waals surface area contributed by atoms with E-state index in [0.29, 0.717) is 12.1 Å². The van der Waals surface area contributed by atoms with Gasteiger partial charge >= 0.3 is 5.69 Å². The van der Waals surface area contributed by atoms with Gasteiger partial charge in [-0.15, -0.1) is 0 Å². The average molecular weight is 275 g/mol. The first-order valence-electron chi connectivity index (χ1n) is 6.02. The zero-order chi connectivity index (χ0) is 14.5. The summed E-state index contributed by atoms with van der Waals surface area (Å²) in [7, 11) is 0. The maximum absolute atomic E-state index is 11.0. The second-order valence-electron chi connectivity index (χ2n) is 4.02. The number of carbonyl (C=O) groups excluding carboxylic acids is 1. The summed E-state index contributed by atoms with van der Waals surface area (Å²) in [5.41, 5.74) is 0.00307. The molecule has 0 amide bonds. The minimum absolute atomic E-state index is 0.117. The molecule has 0 saturated heterocycles. The second-order valence-corrected chi connectivity index (χ2v) is 4.02. The van der Waals surface area contributed by atoms with E-state index >= 15 is 0 Å². The lowest BCUT2D eigenvalue weighted by atomic mass is 10.2. The Morgan fingerprint density at radius 3 is 2.95 bits per heavy atom. The van der Waals surface area contributed by atoms with Crippen molar-refractivity contribution in [1.82, 2.24) is 9.55 Å². The largest absolute Gasteiger partial charge is 0.479 e. The number of nitro benzene ring substituents is 1. The van der Waals surface area contributed by atoms with Crippen LogP contribution in [0.3, 0.4) is 0 Å². The molecule has 0 aliphatic carbocycles. The molecule has 0 atom stereocenters. The van der Waals surface area contributed by atoms with Gasteiger partial charge in [0, 0.05) is 30.6 Å². The predicted octanol–water partition coefficient (Wildman–Crippen LogP) is 2.20. The number of aryl methyl sites for hydroxylation is 1. The molecule has 0 radical (unpaired) electrons. The van der Waals surface area contributed by atoms with Crippen LogP contribution in [0, 0.1) is 10.1 Å². The number of aromatic nitrogens is 2. The molecule has 0 aliphatic heterocycles. The Balaban J connectivity index is 2.21. The van der Waals surface area contributed by atoms with Crippen LogP contribution in [0.15, 0.2) is 30.6 Å². The lowest BCUT2D eigenvalue weighted by molar-refractivity contribution is -0.386. The van der Waals surface area contributed by atoms with Crippen molar-refractivity contribution < 1.29 is 14.5 Å². The summed E-state index contributed by atoms with van der Waals surface area (Å²) in [6.45, 7) is 2.83. The summed E-state index contributed by atoms with van der Waals surface area (Å²) in [6.07, 6.45) is 4.01. The first-order chi connectivity index (χ1) is 9.65. The Kier molecular flexibility index (Phi) is 4.09. The lowest BCUT2D eigenvalue weighted by Gasteiger charge is -2.08. The van der Waals surface area contributed by atoms with Crippen LogP contribution in [-0.2, 0) is 13.2 Å². The van der Waals surface area contributed by atoms with Crippen molar-refractivity contribution >= 4 is 12.0 Å². The Labute approximate surface area is 115 Å². The quantitative estimate of drug-likeness (QED) is 0.458. The maximum Gasteiger partial charge on any atom is 0.311 e. The van der Waals surface area contributed by atoms with Gasteiger partial charge in [-0.1, -0.05) is 0 Å². The number of nitrogens with zero attached hydrogens (tertiary/aromatic N) is 3. The van der Waals surface area contributed by atoms with Crippen LogP contribution in [0.1, 0.15) is 23.1 Å². The number of carbonyl (C=O) groups is 1. The summed E-state index contributed by atoms with van der Waals surface area (Å²) in [5.74, 6) is 0.799.